The van der Waals surface area contributed by atoms with E-state index < -0.39 is 11.2 Å². The Morgan fingerprint density at radius 3 is 2.65 bits per heavy atom. The molecule has 0 aliphatic rings. The summed E-state index contributed by atoms with van der Waals surface area (Å²) in [6.45, 7) is 4.52. The number of unbranched alkanes of at least 4 members (excludes halogenated alkanes) is 1. The summed E-state index contributed by atoms with van der Waals surface area (Å²) >= 11 is 0. The van der Waals surface area contributed by atoms with Gasteiger partial charge in [-0.1, -0.05) is 31.0 Å². The summed E-state index contributed by atoms with van der Waals surface area (Å²) in [6.07, 6.45) is 3.17. The number of hydrogen-bond acceptors (Lipinski definition) is 4. The molecule has 0 spiro atoms. The first kappa shape index (κ1) is 15.1. The average molecular weight is 314 g/mol. The highest BCUT2D eigenvalue weighted by molar-refractivity contribution is 5.69. The predicted octanol–water partition coefficient (Wildman–Crippen LogP) is 1.84. The minimum Gasteiger partial charge on any atom is -0.373 e. The highest BCUT2D eigenvalue weighted by atomic mass is 16.7. The standard InChI is InChI=1S/C16H18N4O3/c1-3-4-9-19-14-13(15(21)18-16(19)22)20(10-17-14)23-12-7-5-11(2)6-8-12/h5-8,10H,3-4,9H2,1-2H3,(H,18,21,22). The van der Waals surface area contributed by atoms with E-state index in [9.17, 15) is 9.59 Å². The maximum Gasteiger partial charge on any atom is 0.330 e. The van der Waals surface area contributed by atoms with Gasteiger partial charge in [-0.3, -0.25) is 14.3 Å². The Hall–Kier alpha value is -2.83. The zero-order valence-corrected chi connectivity index (χ0v) is 13.1. The molecule has 0 saturated heterocycles. The highest BCUT2D eigenvalue weighted by Crippen LogP contribution is 2.14. The van der Waals surface area contributed by atoms with Crippen LogP contribution in [-0.2, 0) is 6.54 Å². The zero-order chi connectivity index (χ0) is 16.4. The maximum absolute atomic E-state index is 12.1. The van der Waals surface area contributed by atoms with Crippen molar-refractivity contribution in [2.45, 2.75) is 33.2 Å². The van der Waals surface area contributed by atoms with E-state index in [-0.39, 0.29) is 5.52 Å². The van der Waals surface area contributed by atoms with Crippen molar-refractivity contribution in [2.75, 3.05) is 0 Å². The highest BCUT2D eigenvalue weighted by Gasteiger charge is 2.14. The van der Waals surface area contributed by atoms with E-state index in [0.29, 0.717) is 17.9 Å². The van der Waals surface area contributed by atoms with E-state index in [4.69, 9.17) is 4.84 Å². The largest absolute Gasteiger partial charge is 0.373 e. The summed E-state index contributed by atoms with van der Waals surface area (Å²) in [5.41, 5.74) is 0.707. The lowest BCUT2D eigenvalue weighted by Crippen LogP contribution is -2.31. The second kappa shape index (κ2) is 6.12. The molecule has 0 bridgehead atoms. The molecule has 1 N–H and O–H groups in total. The zero-order valence-electron chi connectivity index (χ0n) is 13.1. The number of nitrogens with zero attached hydrogens (tertiary/aromatic N) is 3. The van der Waals surface area contributed by atoms with Crippen molar-refractivity contribution >= 4 is 11.2 Å². The molecule has 1 aromatic carbocycles. The van der Waals surface area contributed by atoms with Crippen molar-refractivity contribution in [2.24, 2.45) is 0 Å². The molecule has 2 heterocycles. The van der Waals surface area contributed by atoms with Gasteiger partial charge in [-0.15, -0.1) is 0 Å². The number of nitrogens with one attached hydrogen (secondary N) is 1. The van der Waals surface area contributed by atoms with Crippen molar-refractivity contribution in [3.8, 4) is 5.75 Å². The maximum atomic E-state index is 12.1. The Bertz CT molecular complexity index is 935. The molecule has 7 nitrogen and oxygen atoms in total. The molecule has 7 heteroatoms. The summed E-state index contributed by atoms with van der Waals surface area (Å²) < 4.78 is 2.76. The molecule has 3 aromatic rings. The SMILES string of the molecule is CCCCn1c(=O)[nH]c(=O)c2c1ncn2Oc1ccc(C)cc1. The predicted molar refractivity (Wildman–Crippen MR) is 86.7 cm³/mol. The number of H-pyrrole nitrogens is 1. The van der Waals surface area contributed by atoms with Gasteiger partial charge in [0.05, 0.1) is 0 Å². The quantitative estimate of drug-likeness (QED) is 0.779. The smallest absolute Gasteiger partial charge is 0.330 e. The Kier molecular flexibility index (Phi) is 4.01. The van der Waals surface area contributed by atoms with Crippen LogP contribution < -0.4 is 16.1 Å². The number of benzene rings is 1. The van der Waals surface area contributed by atoms with Gasteiger partial charge in [0.15, 0.2) is 16.9 Å². The normalized spacial score (nSPS) is 11.0. The number of hydrogen-bond donors (Lipinski definition) is 1. The van der Waals surface area contributed by atoms with Crippen LogP contribution in [0, 0.1) is 6.92 Å². The van der Waals surface area contributed by atoms with Gasteiger partial charge in [-0.05, 0) is 25.5 Å². The van der Waals surface area contributed by atoms with Crippen LogP contribution in [0.25, 0.3) is 11.2 Å². The van der Waals surface area contributed by atoms with Gasteiger partial charge < -0.3 is 4.84 Å². The first-order chi connectivity index (χ1) is 11.1. The van der Waals surface area contributed by atoms with Crippen molar-refractivity contribution in [1.82, 2.24) is 19.3 Å². The van der Waals surface area contributed by atoms with Crippen LogP contribution in [0.4, 0.5) is 0 Å². The fourth-order valence-corrected chi connectivity index (χ4v) is 2.35. The number of aromatic amines is 1. The number of imidazole rings is 1. The molecule has 0 amide bonds. The van der Waals surface area contributed by atoms with Crippen molar-refractivity contribution in [3.63, 3.8) is 0 Å². The van der Waals surface area contributed by atoms with E-state index in [1.54, 1.807) is 0 Å². The summed E-state index contributed by atoms with van der Waals surface area (Å²) in [5, 5.41) is 0. The Balaban J connectivity index is 2.07. The number of aryl methyl sites for hydroxylation is 2. The molecule has 0 saturated carbocycles. The van der Waals surface area contributed by atoms with E-state index in [2.05, 4.69) is 9.97 Å². The van der Waals surface area contributed by atoms with Crippen LogP contribution in [0.15, 0.2) is 40.2 Å². The summed E-state index contributed by atoms with van der Waals surface area (Å²) in [4.78, 5) is 36.3. The summed E-state index contributed by atoms with van der Waals surface area (Å²) in [6, 6.07) is 7.44. The van der Waals surface area contributed by atoms with E-state index in [1.807, 2.05) is 38.1 Å². The van der Waals surface area contributed by atoms with Gasteiger partial charge in [0.1, 0.15) is 6.33 Å². The average Bonchev–Trinajstić information content (AvgIpc) is 2.93. The Morgan fingerprint density at radius 2 is 1.96 bits per heavy atom. The van der Waals surface area contributed by atoms with E-state index >= 15 is 0 Å². The van der Waals surface area contributed by atoms with E-state index in [1.165, 1.54) is 15.6 Å². The number of rotatable bonds is 5. The fraction of sp³-hybridized carbons (Fsp3) is 0.312. The molecule has 0 aliphatic heterocycles. The van der Waals surface area contributed by atoms with Crippen LogP contribution in [-0.4, -0.2) is 19.3 Å². The number of aromatic nitrogens is 4. The minimum absolute atomic E-state index is 0.223. The molecular weight excluding hydrogens is 296 g/mol. The minimum atomic E-state index is -0.512. The molecule has 0 unspecified atom stereocenters. The molecule has 0 radical (unpaired) electrons. The van der Waals surface area contributed by atoms with Crippen LogP contribution >= 0.6 is 0 Å². The molecule has 3 rings (SSSR count). The molecule has 2 aromatic heterocycles. The van der Waals surface area contributed by atoms with Gasteiger partial charge in [0.2, 0.25) is 0 Å². The van der Waals surface area contributed by atoms with Crippen LogP contribution in [0.5, 0.6) is 5.75 Å². The molecular formula is C16H18N4O3. The third-order valence-electron chi connectivity index (χ3n) is 3.61. The number of fused-ring (bicyclic) bond motifs is 1. The second-order valence-corrected chi connectivity index (χ2v) is 5.41. The Labute approximate surface area is 132 Å². The lowest BCUT2D eigenvalue weighted by atomic mass is 10.2. The van der Waals surface area contributed by atoms with E-state index in [0.717, 1.165) is 18.4 Å². The first-order valence-corrected chi connectivity index (χ1v) is 7.55. The second-order valence-electron chi connectivity index (χ2n) is 5.41. The Morgan fingerprint density at radius 1 is 1.22 bits per heavy atom. The third-order valence-corrected chi connectivity index (χ3v) is 3.61. The summed E-state index contributed by atoms with van der Waals surface area (Å²) in [7, 11) is 0. The van der Waals surface area contributed by atoms with Crippen LogP contribution in [0.2, 0.25) is 0 Å². The van der Waals surface area contributed by atoms with Gasteiger partial charge in [0, 0.05) is 6.54 Å². The van der Waals surface area contributed by atoms with Gasteiger partial charge >= 0.3 is 5.69 Å². The van der Waals surface area contributed by atoms with Crippen molar-refractivity contribution in [1.29, 1.82) is 0 Å². The van der Waals surface area contributed by atoms with Gasteiger partial charge in [0.25, 0.3) is 5.56 Å². The molecule has 23 heavy (non-hydrogen) atoms. The molecule has 0 atom stereocenters. The summed E-state index contributed by atoms with van der Waals surface area (Å²) in [5.74, 6) is 0.584. The van der Waals surface area contributed by atoms with Crippen molar-refractivity contribution in [3.05, 3.63) is 57.0 Å². The fourth-order valence-electron chi connectivity index (χ4n) is 2.35. The van der Waals surface area contributed by atoms with Gasteiger partial charge in [-0.2, -0.15) is 4.73 Å². The molecule has 0 fully saturated rings. The third kappa shape index (κ3) is 2.90. The molecule has 0 aliphatic carbocycles. The molecule has 120 valence electrons. The monoisotopic (exact) mass is 314 g/mol. The van der Waals surface area contributed by atoms with Crippen molar-refractivity contribution < 1.29 is 4.84 Å². The van der Waals surface area contributed by atoms with Crippen LogP contribution in [0.1, 0.15) is 25.3 Å². The lowest BCUT2D eigenvalue weighted by molar-refractivity contribution is 0.226. The lowest BCUT2D eigenvalue weighted by Gasteiger charge is -2.08. The first-order valence-electron chi connectivity index (χ1n) is 7.55. The van der Waals surface area contributed by atoms with Crippen LogP contribution in [0.3, 0.4) is 0 Å². The van der Waals surface area contributed by atoms with Gasteiger partial charge in [-0.25, -0.2) is 9.78 Å². The topological polar surface area (TPSA) is 81.9 Å².